The third-order valence-electron chi connectivity index (χ3n) is 3.09. The number of phenolic OH excluding ortho intramolecular Hbond substituents is 1. The number of rotatable bonds is 5. The Kier molecular flexibility index (Phi) is 5.92. The summed E-state index contributed by atoms with van der Waals surface area (Å²) in [6.45, 7) is 1.63. The average molecular weight is 346 g/mol. The lowest BCUT2D eigenvalue weighted by molar-refractivity contribution is -0.120. The van der Waals surface area contributed by atoms with Crippen molar-refractivity contribution in [2.45, 2.75) is 6.92 Å². The molecule has 24 heavy (non-hydrogen) atoms. The van der Waals surface area contributed by atoms with E-state index in [4.69, 9.17) is 11.6 Å². The van der Waals surface area contributed by atoms with Gasteiger partial charge in [-0.3, -0.25) is 9.59 Å². The van der Waals surface area contributed by atoms with Gasteiger partial charge in [0.1, 0.15) is 5.75 Å². The van der Waals surface area contributed by atoms with E-state index in [1.807, 2.05) is 13.0 Å². The zero-order valence-electron chi connectivity index (χ0n) is 12.9. The van der Waals surface area contributed by atoms with E-state index in [1.165, 1.54) is 6.21 Å². The lowest BCUT2D eigenvalue weighted by Gasteiger charge is -2.04. The average Bonchev–Trinajstić information content (AvgIpc) is 2.55. The fraction of sp³-hybridized carbons (Fsp3) is 0.118. The summed E-state index contributed by atoms with van der Waals surface area (Å²) in [5.41, 5.74) is 4.07. The highest BCUT2D eigenvalue weighted by atomic mass is 35.5. The van der Waals surface area contributed by atoms with E-state index in [0.29, 0.717) is 16.1 Å². The Hall–Kier alpha value is -2.86. The molecule has 0 saturated carbocycles. The fourth-order valence-corrected chi connectivity index (χ4v) is 1.97. The number of carbonyl (C=O) groups is 2. The molecule has 0 aliphatic carbocycles. The van der Waals surface area contributed by atoms with Gasteiger partial charge in [-0.2, -0.15) is 5.10 Å². The number of carbonyl (C=O) groups excluding carboxylic acids is 2. The van der Waals surface area contributed by atoms with Crippen molar-refractivity contribution in [1.82, 2.24) is 10.7 Å². The molecule has 0 atom stereocenters. The number of amides is 2. The van der Waals surface area contributed by atoms with Crippen molar-refractivity contribution in [3.63, 3.8) is 0 Å². The van der Waals surface area contributed by atoms with Gasteiger partial charge >= 0.3 is 0 Å². The number of hydrogen-bond donors (Lipinski definition) is 3. The SMILES string of the molecule is Cc1ccc(C=NNC(=O)CNC(=O)c2ccc(Cl)cc2)c(O)c1. The molecular formula is C17H16ClN3O3. The van der Waals surface area contributed by atoms with Crippen LogP contribution in [0.2, 0.25) is 5.02 Å². The number of aromatic hydroxyl groups is 1. The summed E-state index contributed by atoms with van der Waals surface area (Å²) in [4.78, 5) is 23.5. The minimum Gasteiger partial charge on any atom is -0.507 e. The fourth-order valence-electron chi connectivity index (χ4n) is 1.84. The Morgan fingerprint density at radius 2 is 1.92 bits per heavy atom. The van der Waals surface area contributed by atoms with Crippen molar-refractivity contribution in [2.24, 2.45) is 5.10 Å². The highest BCUT2D eigenvalue weighted by molar-refractivity contribution is 6.30. The first-order valence-corrected chi connectivity index (χ1v) is 7.49. The Morgan fingerprint density at radius 3 is 2.58 bits per heavy atom. The molecule has 3 N–H and O–H groups in total. The van der Waals surface area contributed by atoms with Crippen LogP contribution in [-0.2, 0) is 4.79 Å². The van der Waals surface area contributed by atoms with E-state index < -0.39 is 5.91 Å². The van der Waals surface area contributed by atoms with Gasteiger partial charge in [0.2, 0.25) is 0 Å². The first kappa shape index (κ1) is 17.5. The monoisotopic (exact) mass is 345 g/mol. The normalized spacial score (nSPS) is 10.6. The minimum absolute atomic E-state index is 0.0732. The highest BCUT2D eigenvalue weighted by Crippen LogP contribution is 2.15. The standard InChI is InChI=1S/C17H16ClN3O3/c1-11-2-3-13(15(22)8-11)9-20-21-16(23)10-19-17(24)12-4-6-14(18)7-5-12/h2-9,22H,10H2,1H3,(H,19,24)(H,21,23). The Labute approximate surface area is 144 Å². The molecule has 2 aromatic rings. The molecule has 0 aliphatic heterocycles. The van der Waals surface area contributed by atoms with Crippen molar-refractivity contribution in [3.05, 3.63) is 64.2 Å². The largest absolute Gasteiger partial charge is 0.507 e. The van der Waals surface area contributed by atoms with Crippen LogP contribution >= 0.6 is 11.6 Å². The van der Waals surface area contributed by atoms with Crippen LogP contribution in [0.15, 0.2) is 47.6 Å². The van der Waals surface area contributed by atoms with Crippen molar-refractivity contribution < 1.29 is 14.7 Å². The zero-order valence-corrected chi connectivity index (χ0v) is 13.7. The molecule has 7 heteroatoms. The number of halogens is 1. The number of hydrogen-bond acceptors (Lipinski definition) is 4. The summed E-state index contributed by atoms with van der Waals surface area (Å²) in [6, 6.07) is 11.4. The summed E-state index contributed by atoms with van der Waals surface area (Å²) >= 11 is 5.74. The van der Waals surface area contributed by atoms with Gasteiger partial charge in [0, 0.05) is 16.1 Å². The lowest BCUT2D eigenvalue weighted by Crippen LogP contribution is -2.34. The Morgan fingerprint density at radius 1 is 1.21 bits per heavy atom. The van der Waals surface area contributed by atoms with E-state index in [9.17, 15) is 14.7 Å². The predicted molar refractivity (Wildman–Crippen MR) is 92.4 cm³/mol. The first-order chi connectivity index (χ1) is 11.5. The molecule has 0 unspecified atom stereocenters. The third kappa shape index (κ3) is 5.10. The molecule has 0 bridgehead atoms. The van der Waals surface area contributed by atoms with E-state index in [2.05, 4.69) is 15.8 Å². The quantitative estimate of drug-likeness (QED) is 0.573. The molecule has 2 amide bonds. The van der Waals surface area contributed by atoms with E-state index in [0.717, 1.165) is 5.56 Å². The van der Waals surface area contributed by atoms with Gasteiger partial charge in [-0.25, -0.2) is 5.43 Å². The Balaban J connectivity index is 1.81. The van der Waals surface area contributed by atoms with Crippen LogP contribution in [0.5, 0.6) is 5.75 Å². The van der Waals surface area contributed by atoms with Gasteiger partial charge in [0.25, 0.3) is 11.8 Å². The smallest absolute Gasteiger partial charge is 0.259 e. The first-order valence-electron chi connectivity index (χ1n) is 7.11. The second-order valence-electron chi connectivity index (χ2n) is 5.05. The minimum atomic E-state index is -0.486. The van der Waals surface area contributed by atoms with E-state index in [1.54, 1.807) is 36.4 Å². The molecule has 0 fully saturated rings. The molecular weight excluding hydrogens is 330 g/mol. The number of phenols is 1. The van der Waals surface area contributed by atoms with Crippen LogP contribution in [-0.4, -0.2) is 29.7 Å². The number of nitrogens with zero attached hydrogens (tertiary/aromatic N) is 1. The van der Waals surface area contributed by atoms with Gasteiger partial charge in [-0.05, 0) is 48.9 Å². The summed E-state index contributed by atoms with van der Waals surface area (Å²) < 4.78 is 0. The summed E-state index contributed by atoms with van der Waals surface area (Å²) in [7, 11) is 0. The molecule has 124 valence electrons. The molecule has 0 radical (unpaired) electrons. The van der Waals surface area contributed by atoms with Crippen LogP contribution in [0.4, 0.5) is 0 Å². The van der Waals surface area contributed by atoms with Gasteiger partial charge in [0.15, 0.2) is 0 Å². The number of hydrazone groups is 1. The molecule has 0 saturated heterocycles. The van der Waals surface area contributed by atoms with Gasteiger partial charge in [-0.15, -0.1) is 0 Å². The molecule has 6 nitrogen and oxygen atoms in total. The topological polar surface area (TPSA) is 90.8 Å². The maximum Gasteiger partial charge on any atom is 0.259 e. The second kappa shape index (κ2) is 8.12. The summed E-state index contributed by atoms with van der Waals surface area (Å²) in [6.07, 6.45) is 1.33. The molecule has 0 aromatic heterocycles. The lowest BCUT2D eigenvalue weighted by atomic mass is 10.1. The third-order valence-corrected chi connectivity index (χ3v) is 3.35. The van der Waals surface area contributed by atoms with Crippen molar-refractivity contribution in [2.75, 3.05) is 6.54 Å². The van der Waals surface area contributed by atoms with Crippen LogP contribution in [0.25, 0.3) is 0 Å². The Bertz CT molecular complexity index is 773. The van der Waals surface area contributed by atoms with Crippen LogP contribution in [0.3, 0.4) is 0 Å². The number of aryl methyl sites for hydroxylation is 1. The molecule has 2 rings (SSSR count). The number of benzene rings is 2. The van der Waals surface area contributed by atoms with E-state index >= 15 is 0 Å². The summed E-state index contributed by atoms with van der Waals surface area (Å²) in [5.74, 6) is -0.800. The van der Waals surface area contributed by atoms with Crippen LogP contribution in [0.1, 0.15) is 21.5 Å². The van der Waals surface area contributed by atoms with Gasteiger partial charge in [-0.1, -0.05) is 17.7 Å². The van der Waals surface area contributed by atoms with Crippen LogP contribution < -0.4 is 10.7 Å². The molecule has 0 spiro atoms. The maximum atomic E-state index is 11.8. The zero-order chi connectivity index (χ0) is 17.5. The second-order valence-corrected chi connectivity index (χ2v) is 5.48. The predicted octanol–water partition coefficient (Wildman–Crippen LogP) is 2.23. The van der Waals surface area contributed by atoms with Crippen LogP contribution in [0, 0.1) is 6.92 Å². The number of nitrogens with one attached hydrogen (secondary N) is 2. The maximum absolute atomic E-state index is 11.8. The molecule has 2 aromatic carbocycles. The van der Waals surface area contributed by atoms with Gasteiger partial charge < -0.3 is 10.4 Å². The van der Waals surface area contributed by atoms with Crippen molar-refractivity contribution >= 4 is 29.6 Å². The highest BCUT2D eigenvalue weighted by Gasteiger charge is 2.07. The van der Waals surface area contributed by atoms with Gasteiger partial charge in [0.05, 0.1) is 12.8 Å². The molecule has 0 aliphatic rings. The van der Waals surface area contributed by atoms with Crippen molar-refractivity contribution in [3.8, 4) is 5.75 Å². The van der Waals surface area contributed by atoms with Crippen molar-refractivity contribution in [1.29, 1.82) is 0 Å². The summed E-state index contributed by atoms with van der Waals surface area (Å²) in [5, 5.41) is 16.4. The van der Waals surface area contributed by atoms with E-state index in [-0.39, 0.29) is 18.2 Å². The molecule has 0 heterocycles.